The van der Waals surface area contributed by atoms with Gasteiger partial charge in [-0.1, -0.05) is 0 Å². The van der Waals surface area contributed by atoms with Gasteiger partial charge in [-0.25, -0.2) is 0 Å². The highest BCUT2D eigenvalue weighted by Gasteiger charge is 2.17. The highest BCUT2D eigenvalue weighted by molar-refractivity contribution is 9.10. The Balaban J connectivity index is 2.13. The van der Waals surface area contributed by atoms with E-state index in [9.17, 15) is 14.4 Å². The molecule has 10 heteroatoms. The van der Waals surface area contributed by atoms with Crippen molar-refractivity contribution in [1.29, 1.82) is 0 Å². The Hall–Kier alpha value is -2.88. The fraction of sp³-hybridized carbons (Fsp3) is 0.0769. The van der Waals surface area contributed by atoms with Crippen LogP contribution in [0.1, 0.15) is 20.8 Å². The van der Waals surface area contributed by atoms with Crippen molar-refractivity contribution in [3.8, 4) is 0 Å². The van der Waals surface area contributed by atoms with Gasteiger partial charge in [-0.05, 0) is 34.1 Å². The molecule has 0 fully saturated rings. The van der Waals surface area contributed by atoms with Gasteiger partial charge in [0.1, 0.15) is 5.69 Å². The Kier molecular flexibility index (Phi) is 4.96. The average molecular weight is 381 g/mol. The number of halogens is 1. The lowest BCUT2D eigenvalue weighted by molar-refractivity contribution is -0.117. The van der Waals surface area contributed by atoms with E-state index in [0.717, 1.165) is 0 Å². The molecule has 7 N–H and O–H groups in total. The fourth-order valence-electron chi connectivity index (χ4n) is 1.67. The molecule has 0 saturated heterocycles. The van der Waals surface area contributed by atoms with Gasteiger partial charge in [0.05, 0.1) is 18.4 Å². The summed E-state index contributed by atoms with van der Waals surface area (Å²) in [5.41, 5.74) is 11.6. The molecule has 0 aliphatic carbocycles. The predicted molar refractivity (Wildman–Crippen MR) is 86.6 cm³/mol. The number of nitrogen functional groups attached to an aromatic ring is 1. The Morgan fingerprint density at radius 1 is 1.26 bits per heavy atom. The zero-order valence-corrected chi connectivity index (χ0v) is 13.3. The van der Waals surface area contributed by atoms with E-state index in [1.54, 1.807) is 18.2 Å². The quantitative estimate of drug-likeness (QED) is 0.469. The van der Waals surface area contributed by atoms with Crippen molar-refractivity contribution in [3.63, 3.8) is 0 Å². The number of hydrogen-bond donors (Lipinski definition) is 5. The number of primary amides is 1. The molecule has 1 aromatic heterocycles. The third kappa shape index (κ3) is 4.07. The van der Waals surface area contributed by atoms with Crippen molar-refractivity contribution in [1.82, 2.24) is 15.5 Å². The number of aromatic nitrogens is 2. The number of carbonyl (C=O) groups excluding carboxylic acids is 3. The maximum atomic E-state index is 12.2. The van der Waals surface area contributed by atoms with E-state index in [2.05, 4.69) is 36.8 Å². The van der Waals surface area contributed by atoms with Crippen LogP contribution in [0.15, 0.2) is 28.9 Å². The first-order chi connectivity index (χ1) is 10.9. The van der Waals surface area contributed by atoms with Crippen LogP contribution < -0.4 is 22.1 Å². The van der Waals surface area contributed by atoms with Crippen molar-refractivity contribution in [2.45, 2.75) is 0 Å². The fourth-order valence-corrected chi connectivity index (χ4v) is 2.05. The monoisotopic (exact) mass is 380 g/mol. The van der Waals surface area contributed by atoms with Crippen LogP contribution in [-0.2, 0) is 4.79 Å². The Labute approximate surface area is 138 Å². The second-order valence-corrected chi connectivity index (χ2v) is 5.35. The van der Waals surface area contributed by atoms with Crippen molar-refractivity contribution in [2.24, 2.45) is 5.73 Å². The van der Waals surface area contributed by atoms with Crippen molar-refractivity contribution < 1.29 is 14.4 Å². The van der Waals surface area contributed by atoms with Crippen LogP contribution in [0.25, 0.3) is 0 Å². The number of hydrogen-bond acceptors (Lipinski definition) is 5. The highest BCUT2D eigenvalue weighted by Crippen LogP contribution is 2.21. The maximum Gasteiger partial charge on any atom is 0.271 e. The van der Waals surface area contributed by atoms with Crippen molar-refractivity contribution in [2.75, 3.05) is 17.6 Å². The van der Waals surface area contributed by atoms with Gasteiger partial charge in [-0.2, -0.15) is 5.10 Å². The summed E-state index contributed by atoms with van der Waals surface area (Å²) >= 11 is 3.23. The molecule has 2 aromatic rings. The van der Waals surface area contributed by atoms with E-state index >= 15 is 0 Å². The Bertz CT molecular complexity index is 773. The number of aromatic amines is 1. The number of anilines is 2. The molecule has 9 nitrogen and oxygen atoms in total. The molecule has 1 aromatic carbocycles. The van der Waals surface area contributed by atoms with Gasteiger partial charge < -0.3 is 22.1 Å². The summed E-state index contributed by atoms with van der Waals surface area (Å²) in [6.07, 6.45) is 1.28. The van der Waals surface area contributed by atoms with E-state index in [1.165, 1.54) is 6.20 Å². The molecule has 1 heterocycles. The first-order valence-corrected chi connectivity index (χ1v) is 7.14. The van der Waals surface area contributed by atoms with E-state index in [4.69, 9.17) is 11.5 Å². The molecule has 0 spiro atoms. The molecule has 0 radical (unpaired) electrons. The molecule has 0 aliphatic heterocycles. The maximum absolute atomic E-state index is 12.2. The summed E-state index contributed by atoms with van der Waals surface area (Å²) in [6, 6.07) is 4.68. The van der Waals surface area contributed by atoms with E-state index in [1.807, 2.05) is 0 Å². The summed E-state index contributed by atoms with van der Waals surface area (Å²) in [7, 11) is 0. The molecule has 0 atom stereocenters. The van der Waals surface area contributed by atoms with Gasteiger partial charge in [0.2, 0.25) is 5.91 Å². The van der Waals surface area contributed by atoms with Gasteiger partial charge in [-0.15, -0.1) is 0 Å². The Morgan fingerprint density at radius 3 is 2.65 bits per heavy atom. The first kappa shape index (κ1) is 16.5. The molecular weight excluding hydrogens is 368 g/mol. The second-order valence-electron chi connectivity index (χ2n) is 4.50. The molecule has 23 heavy (non-hydrogen) atoms. The molecule has 0 saturated carbocycles. The minimum Gasteiger partial charge on any atom is -0.398 e. The highest BCUT2D eigenvalue weighted by atomic mass is 79.9. The normalized spacial score (nSPS) is 10.1. The lowest BCUT2D eigenvalue weighted by Gasteiger charge is -2.07. The SMILES string of the molecule is NC(=O)CNC(=O)c1[nH]ncc1NC(=O)c1ccc(N)c(Br)c1. The lowest BCUT2D eigenvalue weighted by atomic mass is 10.2. The zero-order chi connectivity index (χ0) is 17.0. The average Bonchev–Trinajstić information content (AvgIpc) is 2.95. The molecule has 0 unspecified atom stereocenters. The van der Waals surface area contributed by atoms with E-state index in [0.29, 0.717) is 15.7 Å². The lowest BCUT2D eigenvalue weighted by Crippen LogP contribution is -2.34. The zero-order valence-electron chi connectivity index (χ0n) is 11.7. The van der Waals surface area contributed by atoms with Gasteiger partial charge in [0.25, 0.3) is 11.8 Å². The molecule has 0 aliphatic rings. The summed E-state index contributed by atoms with van der Waals surface area (Å²) in [6.45, 7) is -0.323. The third-order valence-corrected chi connectivity index (χ3v) is 3.49. The Morgan fingerprint density at radius 2 is 2.00 bits per heavy atom. The third-order valence-electron chi connectivity index (χ3n) is 2.80. The predicted octanol–water partition coefficient (Wildman–Crippen LogP) is 0.222. The minimum atomic E-state index is -0.685. The van der Waals surface area contributed by atoms with Gasteiger partial charge in [0, 0.05) is 15.7 Å². The standard InChI is InChI=1S/C13H13BrN6O3/c14-7-3-6(1-2-8(7)15)12(22)19-9-4-18-20-11(9)13(23)17-5-10(16)21/h1-4H,5,15H2,(H2,16,21)(H,17,23)(H,18,20)(H,19,22). The van der Waals surface area contributed by atoms with Crippen LogP contribution >= 0.6 is 15.9 Å². The van der Waals surface area contributed by atoms with Crippen LogP contribution in [0.3, 0.4) is 0 Å². The van der Waals surface area contributed by atoms with Crippen LogP contribution in [0, 0.1) is 0 Å². The summed E-state index contributed by atoms with van der Waals surface area (Å²) < 4.78 is 0.580. The number of carbonyl (C=O) groups is 3. The summed E-state index contributed by atoms with van der Waals surface area (Å²) in [4.78, 5) is 34.8. The number of amides is 3. The van der Waals surface area contributed by atoms with Crippen molar-refractivity contribution in [3.05, 3.63) is 40.1 Å². The van der Waals surface area contributed by atoms with E-state index in [-0.39, 0.29) is 17.9 Å². The summed E-state index contributed by atoms with van der Waals surface area (Å²) in [5.74, 6) is -1.75. The van der Waals surface area contributed by atoms with Gasteiger partial charge in [0.15, 0.2) is 0 Å². The number of nitrogens with one attached hydrogen (secondary N) is 3. The first-order valence-electron chi connectivity index (χ1n) is 6.34. The smallest absolute Gasteiger partial charge is 0.271 e. The topological polar surface area (TPSA) is 156 Å². The molecule has 3 amide bonds. The number of nitrogens with zero attached hydrogens (tertiary/aromatic N) is 1. The number of rotatable bonds is 5. The molecule has 2 rings (SSSR count). The van der Waals surface area contributed by atoms with Crippen LogP contribution in [0.2, 0.25) is 0 Å². The minimum absolute atomic E-state index is 0.00844. The van der Waals surface area contributed by atoms with E-state index < -0.39 is 17.7 Å². The van der Waals surface area contributed by atoms with Crippen molar-refractivity contribution >= 4 is 45.0 Å². The number of benzene rings is 1. The number of nitrogens with two attached hydrogens (primary N) is 2. The number of H-pyrrole nitrogens is 1. The van der Waals surface area contributed by atoms with Crippen LogP contribution in [0.4, 0.5) is 11.4 Å². The largest absolute Gasteiger partial charge is 0.398 e. The van der Waals surface area contributed by atoms with Crippen LogP contribution in [-0.4, -0.2) is 34.5 Å². The second kappa shape index (κ2) is 6.92. The summed E-state index contributed by atoms with van der Waals surface area (Å²) in [5, 5.41) is 11.0. The molecule has 120 valence electrons. The van der Waals surface area contributed by atoms with Gasteiger partial charge >= 0.3 is 0 Å². The van der Waals surface area contributed by atoms with Crippen LogP contribution in [0.5, 0.6) is 0 Å². The molecule has 0 bridgehead atoms. The molecular formula is C13H13BrN6O3. The van der Waals surface area contributed by atoms with Gasteiger partial charge in [-0.3, -0.25) is 19.5 Å².